The molecule has 2 heterocycles. The van der Waals surface area contributed by atoms with E-state index in [-0.39, 0.29) is 5.02 Å². The van der Waals surface area contributed by atoms with Crippen molar-refractivity contribution in [3.05, 3.63) is 52.6 Å². The van der Waals surface area contributed by atoms with Gasteiger partial charge in [0.15, 0.2) is 0 Å². The summed E-state index contributed by atoms with van der Waals surface area (Å²) in [6.07, 6.45) is 0. The number of pyridine rings is 1. The molecule has 0 aliphatic carbocycles. The van der Waals surface area contributed by atoms with Crippen LogP contribution in [0.25, 0.3) is 16.7 Å². The minimum absolute atomic E-state index is 0.0619. The van der Waals surface area contributed by atoms with Crippen LogP contribution in [0.4, 0.5) is 4.39 Å². The monoisotopic (exact) mass is 286 g/mol. The minimum atomic E-state index is -0.507. The number of fused-ring (bicyclic) bond motifs is 1. The molecule has 0 radical (unpaired) electrons. The van der Waals surface area contributed by atoms with Crippen LogP contribution >= 0.6 is 11.6 Å². The van der Waals surface area contributed by atoms with Gasteiger partial charge in [0.1, 0.15) is 23.1 Å². The first-order chi connectivity index (χ1) is 9.60. The summed E-state index contributed by atoms with van der Waals surface area (Å²) in [6, 6.07) is 9.80. The van der Waals surface area contributed by atoms with E-state index in [2.05, 4.69) is 10.1 Å². The molecular formula is C14H8ClFN4. The van der Waals surface area contributed by atoms with Crippen molar-refractivity contribution in [2.75, 3.05) is 0 Å². The molecule has 20 heavy (non-hydrogen) atoms. The molecule has 0 N–H and O–H groups in total. The van der Waals surface area contributed by atoms with Crippen molar-refractivity contribution in [1.82, 2.24) is 14.8 Å². The molecule has 0 amide bonds. The molecule has 0 unspecified atom stereocenters. The third-order valence-electron chi connectivity index (χ3n) is 2.96. The Balaban J connectivity index is 2.27. The topological polar surface area (TPSA) is 54.5 Å². The summed E-state index contributed by atoms with van der Waals surface area (Å²) in [7, 11) is 0. The van der Waals surface area contributed by atoms with Gasteiger partial charge < -0.3 is 0 Å². The van der Waals surface area contributed by atoms with E-state index in [0.717, 1.165) is 0 Å². The normalized spacial score (nSPS) is 10.7. The van der Waals surface area contributed by atoms with Crippen LogP contribution in [0.15, 0.2) is 30.3 Å². The molecule has 6 heteroatoms. The smallest absolute Gasteiger partial charge is 0.143 e. The lowest BCUT2D eigenvalue weighted by molar-refractivity contribution is 0.626. The molecule has 0 saturated carbocycles. The molecule has 0 aliphatic rings. The van der Waals surface area contributed by atoms with Gasteiger partial charge in [0, 0.05) is 6.07 Å². The lowest BCUT2D eigenvalue weighted by Gasteiger charge is -2.04. The molecule has 0 bridgehead atoms. The summed E-state index contributed by atoms with van der Waals surface area (Å²) in [4.78, 5) is 4.22. The van der Waals surface area contributed by atoms with Crippen LogP contribution in [0, 0.1) is 24.1 Å². The zero-order valence-electron chi connectivity index (χ0n) is 10.4. The summed E-state index contributed by atoms with van der Waals surface area (Å²) < 4.78 is 15.1. The lowest BCUT2D eigenvalue weighted by atomic mass is 10.2. The number of hydrogen-bond donors (Lipinski definition) is 0. The number of aromatic nitrogens is 3. The summed E-state index contributed by atoms with van der Waals surface area (Å²) in [5.74, 6) is -0.507. The van der Waals surface area contributed by atoms with Crippen LogP contribution in [0.1, 0.15) is 11.4 Å². The van der Waals surface area contributed by atoms with Crippen LogP contribution in [-0.4, -0.2) is 14.8 Å². The highest BCUT2D eigenvalue weighted by Crippen LogP contribution is 2.23. The SMILES string of the molecule is Cc1nn(-c2ccc(Cl)c(F)c2)c2ccc(C#N)nc12. The number of hydrogen-bond acceptors (Lipinski definition) is 3. The van der Waals surface area contributed by atoms with Crippen molar-refractivity contribution in [1.29, 1.82) is 5.26 Å². The summed E-state index contributed by atoms with van der Waals surface area (Å²) in [5, 5.41) is 13.3. The molecule has 0 saturated heterocycles. The summed E-state index contributed by atoms with van der Waals surface area (Å²) >= 11 is 5.68. The van der Waals surface area contributed by atoms with Crippen LogP contribution in [0.3, 0.4) is 0 Å². The van der Waals surface area contributed by atoms with Crippen molar-refractivity contribution in [3.8, 4) is 11.8 Å². The van der Waals surface area contributed by atoms with Crippen molar-refractivity contribution in [3.63, 3.8) is 0 Å². The Kier molecular flexibility index (Phi) is 2.88. The Morgan fingerprint density at radius 3 is 2.80 bits per heavy atom. The van der Waals surface area contributed by atoms with Crippen LogP contribution in [-0.2, 0) is 0 Å². The van der Waals surface area contributed by atoms with Gasteiger partial charge in [-0.15, -0.1) is 0 Å². The van der Waals surface area contributed by atoms with E-state index in [1.165, 1.54) is 12.1 Å². The number of benzene rings is 1. The van der Waals surface area contributed by atoms with Gasteiger partial charge in [-0.2, -0.15) is 10.4 Å². The van der Waals surface area contributed by atoms with Crippen LogP contribution in [0.5, 0.6) is 0 Å². The zero-order valence-corrected chi connectivity index (χ0v) is 11.2. The van der Waals surface area contributed by atoms with Crippen molar-refractivity contribution < 1.29 is 4.39 Å². The number of nitrogens with zero attached hydrogens (tertiary/aromatic N) is 4. The molecule has 3 aromatic rings. The second-order valence-electron chi connectivity index (χ2n) is 4.27. The van der Waals surface area contributed by atoms with Crippen LogP contribution < -0.4 is 0 Å². The molecule has 0 atom stereocenters. The third kappa shape index (κ3) is 1.91. The summed E-state index contributed by atoms with van der Waals surface area (Å²) in [5.41, 5.74) is 2.88. The van der Waals surface area contributed by atoms with Gasteiger partial charge in [-0.3, -0.25) is 0 Å². The Bertz CT molecular complexity index is 863. The quantitative estimate of drug-likeness (QED) is 0.689. The molecule has 3 rings (SSSR count). The van der Waals surface area contributed by atoms with E-state index < -0.39 is 5.82 Å². The van der Waals surface area contributed by atoms with Crippen molar-refractivity contribution >= 4 is 22.6 Å². The fraction of sp³-hybridized carbons (Fsp3) is 0.0714. The summed E-state index contributed by atoms with van der Waals surface area (Å²) in [6.45, 7) is 1.79. The maximum absolute atomic E-state index is 13.6. The van der Waals surface area contributed by atoms with Gasteiger partial charge in [-0.05, 0) is 31.2 Å². The predicted octanol–water partition coefficient (Wildman–Crippen LogP) is 3.39. The molecule has 0 aliphatic heterocycles. The fourth-order valence-electron chi connectivity index (χ4n) is 2.02. The maximum Gasteiger partial charge on any atom is 0.143 e. The van der Waals surface area contributed by atoms with E-state index in [0.29, 0.717) is 28.1 Å². The molecule has 98 valence electrons. The standard InChI is InChI=1S/C14H8ClFN4/c1-8-14-13(5-2-9(7-17)18-14)20(19-8)10-3-4-11(15)12(16)6-10/h2-6H,1H3. The average molecular weight is 287 g/mol. The molecular weight excluding hydrogens is 279 g/mol. The fourth-order valence-corrected chi connectivity index (χ4v) is 2.13. The minimum Gasteiger partial charge on any atom is -0.233 e. The Hall–Kier alpha value is -2.45. The third-order valence-corrected chi connectivity index (χ3v) is 3.26. The zero-order chi connectivity index (χ0) is 14.3. The molecule has 1 aromatic carbocycles. The van der Waals surface area contributed by atoms with E-state index in [1.54, 1.807) is 29.8 Å². The molecule has 0 fully saturated rings. The first-order valence-corrected chi connectivity index (χ1v) is 6.20. The van der Waals surface area contributed by atoms with Gasteiger partial charge in [-0.25, -0.2) is 14.1 Å². The first kappa shape index (κ1) is 12.6. The van der Waals surface area contributed by atoms with E-state index in [9.17, 15) is 4.39 Å². The molecule has 4 nitrogen and oxygen atoms in total. The maximum atomic E-state index is 13.6. The average Bonchev–Trinajstić information content (AvgIpc) is 2.79. The Morgan fingerprint density at radius 1 is 1.30 bits per heavy atom. The van der Waals surface area contributed by atoms with E-state index in [1.807, 2.05) is 6.07 Å². The number of halogens is 2. The van der Waals surface area contributed by atoms with Gasteiger partial charge in [0.2, 0.25) is 0 Å². The van der Waals surface area contributed by atoms with E-state index >= 15 is 0 Å². The lowest BCUT2D eigenvalue weighted by Crippen LogP contribution is -1.97. The number of rotatable bonds is 1. The van der Waals surface area contributed by atoms with Crippen LogP contribution in [0.2, 0.25) is 5.02 Å². The molecule has 2 aromatic heterocycles. The van der Waals surface area contributed by atoms with Crippen molar-refractivity contribution in [2.24, 2.45) is 0 Å². The van der Waals surface area contributed by atoms with Gasteiger partial charge >= 0.3 is 0 Å². The highest BCUT2D eigenvalue weighted by molar-refractivity contribution is 6.30. The Labute approximate surface area is 119 Å². The van der Waals surface area contributed by atoms with Gasteiger partial charge in [0.05, 0.1) is 21.9 Å². The highest BCUT2D eigenvalue weighted by Gasteiger charge is 2.12. The first-order valence-electron chi connectivity index (χ1n) is 5.82. The van der Waals surface area contributed by atoms with Gasteiger partial charge in [-0.1, -0.05) is 11.6 Å². The highest BCUT2D eigenvalue weighted by atomic mass is 35.5. The molecule has 0 spiro atoms. The van der Waals surface area contributed by atoms with Gasteiger partial charge in [0.25, 0.3) is 0 Å². The number of nitriles is 1. The second kappa shape index (κ2) is 4.58. The van der Waals surface area contributed by atoms with Crippen molar-refractivity contribution in [2.45, 2.75) is 6.92 Å². The second-order valence-corrected chi connectivity index (χ2v) is 4.68. The van der Waals surface area contributed by atoms with E-state index in [4.69, 9.17) is 16.9 Å². The Morgan fingerprint density at radius 2 is 2.10 bits per heavy atom. The number of aryl methyl sites for hydroxylation is 1. The largest absolute Gasteiger partial charge is 0.233 e. The predicted molar refractivity (Wildman–Crippen MR) is 73.3 cm³/mol.